The third kappa shape index (κ3) is 7.71. The zero-order valence-corrected chi connectivity index (χ0v) is 15.1. The first kappa shape index (κ1) is 24.7. The van der Waals surface area contributed by atoms with Crippen molar-refractivity contribution in [1.82, 2.24) is 0 Å². The first-order valence-corrected chi connectivity index (χ1v) is 8.24. The van der Waals surface area contributed by atoms with Crippen LogP contribution in [0.2, 0.25) is 0 Å². The minimum absolute atomic E-state index is 0. The van der Waals surface area contributed by atoms with E-state index in [9.17, 15) is 24.9 Å². The first-order chi connectivity index (χ1) is 10.3. The predicted octanol–water partition coefficient (Wildman–Crippen LogP) is -2.23. The second kappa shape index (κ2) is 12.8. The van der Waals surface area contributed by atoms with E-state index in [1.165, 1.54) is 20.3 Å². The van der Waals surface area contributed by atoms with Crippen LogP contribution in [0.15, 0.2) is 0 Å². The molecule has 0 aromatic rings. The molecular weight excluding hydrogens is 293 g/mol. The number of carbonyl (C=O) groups is 2. The maximum atomic E-state index is 11.4. The van der Waals surface area contributed by atoms with Crippen LogP contribution in [0.5, 0.6) is 0 Å². The molecule has 0 aliphatic heterocycles. The number of quaternary nitrogens is 1. The zero-order valence-electron chi connectivity index (χ0n) is 15.1. The van der Waals surface area contributed by atoms with Gasteiger partial charge in [0.1, 0.15) is 12.6 Å². The van der Waals surface area contributed by atoms with Crippen molar-refractivity contribution in [2.75, 3.05) is 19.7 Å². The van der Waals surface area contributed by atoms with Crippen molar-refractivity contribution in [2.24, 2.45) is 0 Å². The number of carboxylic acids is 2. The second-order valence-corrected chi connectivity index (χ2v) is 6.05. The van der Waals surface area contributed by atoms with Gasteiger partial charge in [-0.05, 0) is 26.7 Å². The van der Waals surface area contributed by atoms with Gasteiger partial charge < -0.3 is 24.6 Å². The molecule has 0 radical (unpaired) electrons. The maximum Gasteiger partial charge on any atom is 1.00 e. The smallest absolute Gasteiger partial charge is 0.544 e. The molecule has 3 unspecified atom stereocenters. The minimum Gasteiger partial charge on any atom is -0.544 e. The van der Waals surface area contributed by atoms with Crippen LogP contribution in [0.3, 0.4) is 0 Å². The average Bonchev–Trinajstić information content (AvgIpc) is 2.47. The van der Waals surface area contributed by atoms with E-state index in [0.29, 0.717) is 6.54 Å². The third-order valence-electron chi connectivity index (χ3n) is 4.69. The monoisotopic (exact) mass is 324 g/mol. The summed E-state index contributed by atoms with van der Waals surface area (Å²) in [5.41, 5.74) is 0. The Kier molecular flexibility index (Phi) is 13.8. The Balaban J connectivity index is 0. The molecule has 7 heteroatoms. The fourth-order valence-corrected chi connectivity index (χ4v) is 3.02. The van der Waals surface area contributed by atoms with E-state index in [1.807, 2.05) is 0 Å². The van der Waals surface area contributed by atoms with Gasteiger partial charge in [-0.1, -0.05) is 32.6 Å². The average molecular weight is 324 g/mol. The number of hydrogen-bond donors (Lipinski definition) is 2. The molecule has 0 saturated carbocycles. The van der Waals surface area contributed by atoms with E-state index >= 15 is 0 Å². The van der Waals surface area contributed by atoms with Crippen molar-refractivity contribution in [1.29, 1.82) is 0 Å². The Labute approximate surface area is 151 Å². The quantitative estimate of drug-likeness (QED) is 0.227. The SMILES string of the molecule is CCCCCCCC[N+](CCO)(C(C)C(=O)[O-])C(C)C(=O)O.[Li+]. The molecule has 0 aliphatic rings. The number of unbranched alkanes of at least 4 members (excludes halogenated alkanes) is 5. The van der Waals surface area contributed by atoms with E-state index in [1.54, 1.807) is 0 Å². The third-order valence-corrected chi connectivity index (χ3v) is 4.69. The van der Waals surface area contributed by atoms with Crippen LogP contribution >= 0.6 is 0 Å². The van der Waals surface area contributed by atoms with Crippen LogP contribution in [0, 0.1) is 0 Å². The molecule has 3 atom stereocenters. The number of hydrogen-bond acceptors (Lipinski definition) is 4. The Bertz CT molecular complexity index is 331. The van der Waals surface area contributed by atoms with Crippen molar-refractivity contribution in [3.05, 3.63) is 0 Å². The van der Waals surface area contributed by atoms with E-state index in [0.717, 1.165) is 32.1 Å². The van der Waals surface area contributed by atoms with Crippen LogP contribution in [-0.4, -0.2) is 58.4 Å². The fraction of sp³-hybridized carbons (Fsp3) is 0.875. The van der Waals surface area contributed by atoms with Gasteiger partial charge >= 0.3 is 24.8 Å². The molecule has 0 bridgehead atoms. The van der Waals surface area contributed by atoms with Crippen molar-refractivity contribution in [3.63, 3.8) is 0 Å². The molecule has 0 rings (SSSR count). The molecule has 0 spiro atoms. The van der Waals surface area contributed by atoms with Crippen molar-refractivity contribution in [3.8, 4) is 0 Å². The number of aliphatic hydroxyl groups excluding tert-OH is 1. The van der Waals surface area contributed by atoms with Gasteiger partial charge in [0.25, 0.3) is 0 Å². The van der Waals surface area contributed by atoms with Gasteiger partial charge in [-0.15, -0.1) is 0 Å². The summed E-state index contributed by atoms with van der Waals surface area (Å²) in [6.07, 6.45) is 6.23. The molecule has 2 N–H and O–H groups in total. The molecule has 23 heavy (non-hydrogen) atoms. The summed E-state index contributed by atoms with van der Waals surface area (Å²) in [4.78, 5) is 22.7. The zero-order chi connectivity index (χ0) is 17.2. The molecular formula is C16H31LiNO5+. The number of nitrogens with zero attached hydrogens (tertiary/aromatic N) is 1. The number of aliphatic hydroxyl groups is 1. The van der Waals surface area contributed by atoms with Gasteiger partial charge in [0.15, 0.2) is 6.04 Å². The van der Waals surface area contributed by atoms with Crippen LogP contribution in [0.4, 0.5) is 0 Å². The molecule has 0 aromatic carbocycles. The van der Waals surface area contributed by atoms with E-state index in [4.69, 9.17) is 0 Å². The van der Waals surface area contributed by atoms with E-state index < -0.39 is 24.0 Å². The van der Waals surface area contributed by atoms with Crippen molar-refractivity contribution >= 4 is 11.9 Å². The summed E-state index contributed by atoms with van der Waals surface area (Å²) in [5.74, 6) is -2.32. The fourth-order valence-electron chi connectivity index (χ4n) is 3.02. The number of carboxylic acid groups (broad SMARTS) is 2. The molecule has 0 aromatic heterocycles. The van der Waals surface area contributed by atoms with E-state index in [-0.39, 0.29) is 36.5 Å². The van der Waals surface area contributed by atoms with Crippen LogP contribution in [-0.2, 0) is 9.59 Å². The van der Waals surface area contributed by atoms with Gasteiger partial charge in [-0.25, -0.2) is 4.79 Å². The molecule has 0 heterocycles. The van der Waals surface area contributed by atoms with Crippen molar-refractivity contribution in [2.45, 2.75) is 71.4 Å². The van der Waals surface area contributed by atoms with Gasteiger partial charge in [0.2, 0.25) is 0 Å². The van der Waals surface area contributed by atoms with Gasteiger partial charge in [0.05, 0.1) is 19.1 Å². The van der Waals surface area contributed by atoms with Crippen LogP contribution < -0.4 is 24.0 Å². The number of carbonyl (C=O) groups excluding carboxylic acids is 1. The standard InChI is InChI=1S/C16H31NO5.Li/c1-4-5-6-7-8-9-10-17(11-12-18,13(2)15(19)20)14(3)16(21)22;/h13-14,18H,4-12H2,1-3H3,(H-,19,20,21,22);/q;+1. The largest absolute Gasteiger partial charge is 1.00 e. The molecule has 0 aliphatic carbocycles. The number of rotatable bonds is 13. The van der Waals surface area contributed by atoms with Crippen LogP contribution in [0.1, 0.15) is 59.3 Å². The van der Waals surface area contributed by atoms with Crippen molar-refractivity contribution < 1.29 is 48.3 Å². The molecule has 0 saturated heterocycles. The van der Waals surface area contributed by atoms with Gasteiger partial charge in [0, 0.05) is 0 Å². The Morgan fingerprint density at radius 3 is 1.96 bits per heavy atom. The first-order valence-electron chi connectivity index (χ1n) is 8.24. The summed E-state index contributed by atoms with van der Waals surface area (Å²) in [6, 6.07) is -1.86. The Morgan fingerprint density at radius 1 is 1.00 bits per heavy atom. The second-order valence-electron chi connectivity index (χ2n) is 6.05. The summed E-state index contributed by atoms with van der Waals surface area (Å²) >= 11 is 0. The molecule has 0 fully saturated rings. The van der Waals surface area contributed by atoms with Crippen LogP contribution in [0.25, 0.3) is 0 Å². The predicted molar refractivity (Wildman–Crippen MR) is 82.0 cm³/mol. The summed E-state index contributed by atoms with van der Waals surface area (Å²) in [7, 11) is 0. The summed E-state index contributed by atoms with van der Waals surface area (Å²) in [6.45, 7) is 5.41. The summed E-state index contributed by atoms with van der Waals surface area (Å²) in [5, 5.41) is 30.0. The Morgan fingerprint density at radius 2 is 1.52 bits per heavy atom. The minimum atomic E-state index is -1.27. The Hall–Kier alpha value is -0.543. The molecule has 130 valence electrons. The van der Waals surface area contributed by atoms with E-state index in [2.05, 4.69) is 6.92 Å². The van der Waals surface area contributed by atoms with Gasteiger partial charge in [-0.3, -0.25) is 0 Å². The maximum absolute atomic E-state index is 11.4. The molecule has 6 nitrogen and oxygen atoms in total. The molecule has 0 amide bonds. The normalized spacial score (nSPS) is 16.0. The summed E-state index contributed by atoms with van der Waals surface area (Å²) < 4.78 is -0.165. The topological polar surface area (TPSA) is 97.7 Å². The van der Waals surface area contributed by atoms with Gasteiger partial charge in [-0.2, -0.15) is 0 Å². The number of aliphatic carboxylic acids is 2.